The van der Waals surface area contributed by atoms with Crippen LogP contribution in [-0.2, 0) is 6.42 Å². The molecule has 1 aromatic carbocycles. The Balaban J connectivity index is 1.83. The van der Waals surface area contributed by atoms with Crippen molar-refractivity contribution in [3.05, 3.63) is 35.4 Å². The highest BCUT2D eigenvalue weighted by Crippen LogP contribution is 2.23. The third-order valence-electron chi connectivity index (χ3n) is 3.62. The highest BCUT2D eigenvalue weighted by Gasteiger charge is 2.16. The van der Waals surface area contributed by atoms with E-state index in [0.717, 1.165) is 12.3 Å². The van der Waals surface area contributed by atoms with Crippen LogP contribution in [0.1, 0.15) is 37.4 Å². The Bertz CT molecular complexity index is 327. The summed E-state index contributed by atoms with van der Waals surface area (Å²) in [6.07, 6.45) is 2.51. The molecule has 0 spiro atoms. The van der Waals surface area contributed by atoms with Crippen LogP contribution in [0.5, 0.6) is 0 Å². The second kappa shape index (κ2) is 6.46. The van der Waals surface area contributed by atoms with Gasteiger partial charge in [0.05, 0.1) is 0 Å². The predicted octanol–water partition coefficient (Wildman–Crippen LogP) is 3.65. The van der Waals surface area contributed by atoms with Gasteiger partial charge in [-0.3, -0.25) is 0 Å². The van der Waals surface area contributed by atoms with Crippen LogP contribution < -0.4 is 5.32 Å². The summed E-state index contributed by atoms with van der Waals surface area (Å²) in [5.41, 5.74) is 2.83. The molecule has 1 nitrogen and oxygen atoms in total. The summed E-state index contributed by atoms with van der Waals surface area (Å²) in [7, 11) is 0. The topological polar surface area (TPSA) is 12.0 Å². The third-order valence-corrected chi connectivity index (χ3v) is 4.86. The molecular weight excluding hydrogens is 226 g/mol. The van der Waals surface area contributed by atoms with Gasteiger partial charge in [-0.25, -0.2) is 0 Å². The summed E-state index contributed by atoms with van der Waals surface area (Å²) >= 11 is 2.09. The monoisotopic (exact) mass is 249 g/mol. The molecule has 2 rings (SSSR count). The highest BCUT2D eigenvalue weighted by atomic mass is 32.2. The largest absolute Gasteiger partial charge is 0.310 e. The zero-order valence-electron chi connectivity index (χ0n) is 10.9. The Kier molecular flexibility index (Phi) is 4.93. The van der Waals surface area contributed by atoms with Crippen molar-refractivity contribution >= 4 is 11.8 Å². The molecule has 1 fully saturated rings. The van der Waals surface area contributed by atoms with Crippen LogP contribution in [-0.4, -0.2) is 18.1 Å². The average molecular weight is 249 g/mol. The minimum Gasteiger partial charge on any atom is -0.310 e. The van der Waals surface area contributed by atoms with Crippen molar-refractivity contribution in [1.29, 1.82) is 0 Å². The summed E-state index contributed by atoms with van der Waals surface area (Å²) in [5, 5.41) is 3.66. The quantitative estimate of drug-likeness (QED) is 0.855. The molecule has 1 aliphatic heterocycles. The normalized spacial score (nSPS) is 21.6. The maximum atomic E-state index is 3.66. The molecule has 2 unspecified atom stereocenters. The van der Waals surface area contributed by atoms with Crippen molar-refractivity contribution in [2.45, 2.75) is 32.7 Å². The van der Waals surface area contributed by atoms with Gasteiger partial charge in [0.1, 0.15) is 0 Å². The zero-order chi connectivity index (χ0) is 12.1. The number of aryl methyl sites for hydroxylation is 1. The molecule has 0 aromatic heterocycles. The van der Waals surface area contributed by atoms with Crippen molar-refractivity contribution < 1.29 is 0 Å². The minimum absolute atomic E-state index is 0.478. The van der Waals surface area contributed by atoms with Gasteiger partial charge in [-0.15, -0.1) is 0 Å². The first-order chi connectivity index (χ1) is 8.29. The van der Waals surface area contributed by atoms with Gasteiger partial charge >= 0.3 is 0 Å². The summed E-state index contributed by atoms with van der Waals surface area (Å²) in [4.78, 5) is 0. The summed E-state index contributed by atoms with van der Waals surface area (Å²) in [6.45, 7) is 5.64. The Morgan fingerprint density at radius 3 is 2.71 bits per heavy atom. The van der Waals surface area contributed by atoms with Gasteiger partial charge in [-0.05, 0) is 54.9 Å². The Morgan fingerprint density at radius 1 is 1.35 bits per heavy atom. The molecule has 2 atom stereocenters. The number of benzene rings is 1. The van der Waals surface area contributed by atoms with E-state index in [1.807, 2.05) is 0 Å². The lowest BCUT2D eigenvalue weighted by atomic mass is 10.0. The summed E-state index contributed by atoms with van der Waals surface area (Å²) in [5.74, 6) is 3.58. The van der Waals surface area contributed by atoms with Crippen molar-refractivity contribution in [1.82, 2.24) is 5.32 Å². The van der Waals surface area contributed by atoms with Gasteiger partial charge in [0.2, 0.25) is 0 Å². The predicted molar refractivity (Wildman–Crippen MR) is 77.7 cm³/mol. The summed E-state index contributed by atoms with van der Waals surface area (Å²) in [6, 6.07) is 9.50. The van der Waals surface area contributed by atoms with E-state index in [-0.39, 0.29) is 0 Å². The van der Waals surface area contributed by atoms with E-state index >= 15 is 0 Å². The van der Waals surface area contributed by atoms with Crippen LogP contribution in [0.15, 0.2) is 24.3 Å². The van der Waals surface area contributed by atoms with E-state index in [1.54, 1.807) is 0 Å². The van der Waals surface area contributed by atoms with Gasteiger partial charge in [0, 0.05) is 6.04 Å². The van der Waals surface area contributed by atoms with Crippen LogP contribution in [0, 0.1) is 5.92 Å². The van der Waals surface area contributed by atoms with Gasteiger partial charge in [0.15, 0.2) is 0 Å². The van der Waals surface area contributed by atoms with Crippen LogP contribution in [0.3, 0.4) is 0 Å². The van der Waals surface area contributed by atoms with Crippen LogP contribution >= 0.6 is 11.8 Å². The second-order valence-corrected chi connectivity index (χ2v) is 6.10. The standard InChI is InChI=1S/C15H23NS/c1-3-13-4-6-15(7-5-13)12(2)16-10-14-8-9-17-11-14/h4-7,12,14,16H,3,8-11H2,1-2H3. The highest BCUT2D eigenvalue weighted by molar-refractivity contribution is 7.99. The molecule has 2 heteroatoms. The number of rotatable bonds is 5. The van der Waals surface area contributed by atoms with Crippen LogP contribution in [0.2, 0.25) is 0 Å². The van der Waals surface area contributed by atoms with Crippen molar-refractivity contribution in [2.24, 2.45) is 5.92 Å². The lowest BCUT2D eigenvalue weighted by molar-refractivity contribution is 0.477. The van der Waals surface area contributed by atoms with Gasteiger partial charge in [-0.1, -0.05) is 31.2 Å². The SMILES string of the molecule is CCc1ccc(C(C)NCC2CCSC2)cc1. The zero-order valence-corrected chi connectivity index (χ0v) is 11.7. The third kappa shape index (κ3) is 3.75. The molecule has 1 heterocycles. The molecule has 0 amide bonds. The maximum Gasteiger partial charge on any atom is 0.0291 e. The Hall–Kier alpha value is -0.470. The average Bonchev–Trinajstić information content (AvgIpc) is 2.89. The molecule has 0 saturated carbocycles. The fourth-order valence-corrected chi connectivity index (χ4v) is 3.53. The molecule has 1 saturated heterocycles. The fourth-order valence-electron chi connectivity index (χ4n) is 2.25. The fraction of sp³-hybridized carbons (Fsp3) is 0.600. The lowest BCUT2D eigenvalue weighted by Gasteiger charge is -2.17. The van der Waals surface area contributed by atoms with E-state index in [2.05, 4.69) is 55.2 Å². The van der Waals surface area contributed by atoms with E-state index in [0.29, 0.717) is 6.04 Å². The molecular formula is C15H23NS. The van der Waals surface area contributed by atoms with E-state index in [4.69, 9.17) is 0 Å². The Labute approximate surface area is 109 Å². The number of hydrogen-bond donors (Lipinski definition) is 1. The van der Waals surface area contributed by atoms with E-state index in [9.17, 15) is 0 Å². The minimum atomic E-state index is 0.478. The number of nitrogens with one attached hydrogen (secondary N) is 1. The van der Waals surface area contributed by atoms with Gasteiger partial charge in [0.25, 0.3) is 0 Å². The van der Waals surface area contributed by atoms with Gasteiger partial charge in [-0.2, -0.15) is 11.8 Å². The lowest BCUT2D eigenvalue weighted by Crippen LogP contribution is -2.25. The second-order valence-electron chi connectivity index (χ2n) is 4.95. The van der Waals surface area contributed by atoms with Crippen LogP contribution in [0.4, 0.5) is 0 Å². The van der Waals surface area contributed by atoms with Crippen molar-refractivity contribution in [2.75, 3.05) is 18.1 Å². The smallest absolute Gasteiger partial charge is 0.0291 e. The maximum absolute atomic E-state index is 3.66. The van der Waals surface area contributed by atoms with Crippen molar-refractivity contribution in [3.63, 3.8) is 0 Å². The van der Waals surface area contributed by atoms with Crippen LogP contribution in [0.25, 0.3) is 0 Å². The van der Waals surface area contributed by atoms with Crippen molar-refractivity contribution in [3.8, 4) is 0 Å². The molecule has 0 radical (unpaired) electrons. The Morgan fingerprint density at radius 2 is 2.12 bits per heavy atom. The molecule has 1 aliphatic rings. The molecule has 1 N–H and O–H groups in total. The molecule has 17 heavy (non-hydrogen) atoms. The van der Waals surface area contributed by atoms with E-state index < -0.39 is 0 Å². The summed E-state index contributed by atoms with van der Waals surface area (Å²) < 4.78 is 0. The molecule has 1 aromatic rings. The van der Waals surface area contributed by atoms with Gasteiger partial charge < -0.3 is 5.32 Å². The number of thioether (sulfide) groups is 1. The number of hydrogen-bond acceptors (Lipinski definition) is 2. The first-order valence-electron chi connectivity index (χ1n) is 6.69. The molecule has 0 aliphatic carbocycles. The first kappa shape index (κ1) is 13.0. The molecule has 94 valence electrons. The first-order valence-corrected chi connectivity index (χ1v) is 7.85. The van der Waals surface area contributed by atoms with E-state index in [1.165, 1.54) is 35.6 Å². The molecule has 0 bridgehead atoms.